The summed E-state index contributed by atoms with van der Waals surface area (Å²) in [6, 6.07) is 17.5. The van der Waals surface area contributed by atoms with Gasteiger partial charge in [0.1, 0.15) is 5.75 Å². The number of likely N-dealkylation sites (tertiary alicyclic amines) is 1. The lowest BCUT2D eigenvalue weighted by atomic mass is 9.97. The second-order valence-corrected chi connectivity index (χ2v) is 7.11. The minimum absolute atomic E-state index is 0.0137. The first-order valence-corrected chi connectivity index (χ1v) is 9.97. The summed E-state index contributed by atoms with van der Waals surface area (Å²) in [7, 11) is 1.63. The summed E-state index contributed by atoms with van der Waals surface area (Å²) in [5.41, 5.74) is 2.10. The number of benzene rings is 2. The number of ether oxygens (including phenoxy) is 2. The van der Waals surface area contributed by atoms with Crippen molar-refractivity contribution in [2.75, 3.05) is 26.8 Å². The van der Waals surface area contributed by atoms with Gasteiger partial charge < -0.3 is 14.4 Å². The molecule has 3 rings (SSSR count). The van der Waals surface area contributed by atoms with Crippen molar-refractivity contribution in [1.29, 1.82) is 0 Å². The lowest BCUT2D eigenvalue weighted by molar-refractivity contribution is -0.151. The van der Waals surface area contributed by atoms with E-state index in [1.54, 1.807) is 18.1 Å². The number of nitrogens with zero attached hydrogens (tertiary/aromatic N) is 1. The van der Waals surface area contributed by atoms with Crippen molar-refractivity contribution < 1.29 is 19.1 Å². The summed E-state index contributed by atoms with van der Waals surface area (Å²) in [6.45, 7) is 1.52. The summed E-state index contributed by atoms with van der Waals surface area (Å²) in [4.78, 5) is 26.4. The summed E-state index contributed by atoms with van der Waals surface area (Å²) < 4.78 is 10.6. The molecule has 1 heterocycles. The fourth-order valence-electron chi connectivity index (χ4n) is 3.35. The van der Waals surface area contributed by atoms with Crippen LogP contribution < -0.4 is 4.74 Å². The molecule has 0 aromatic heterocycles. The highest BCUT2D eigenvalue weighted by Gasteiger charge is 2.27. The van der Waals surface area contributed by atoms with Gasteiger partial charge in [-0.05, 0) is 42.2 Å². The van der Waals surface area contributed by atoms with Crippen LogP contribution in [0.2, 0.25) is 0 Å². The highest BCUT2D eigenvalue weighted by atomic mass is 16.5. The molecular formula is C24H27NO4. The number of carbonyl (C=O) groups is 2. The van der Waals surface area contributed by atoms with Gasteiger partial charge >= 0.3 is 5.97 Å². The maximum Gasteiger partial charge on any atom is 0.309 e. The van der Waals surface area contributed by atoms with Gasteiger partial charge in [-0.1, -0.05) is 42.5 Å². The van der Waals surface area contributed by atoms with Gasteiger partial charge in [0, 0.05) is 25.6 Å². The van der Waals surface area contributed by atoms with Crippen molar-refractivity contribution in [3.63, 3.8) is 0 Å². The lowest BCUT2D eigenvalue weighted by Crippen LogP contribution is -2.40. The fraction of sp³-hybridized carbons (Fsp3) is 0.333. The second-order valence-electron chi connectivity index (χ2n) is 7.11. The van der Waals surface area contributed by atoms with Crippen molar-refractivity contribution >= 4 is 18.0 Å². The summed E-state index contributed by atoms with van der Waals surface area (Å²) >= 11 is 0. The Hall–Kier alpha value is -3.08. The average molecular weight is 393 g/mol. The van der Waals surface area contributed by atoms with Gasteiger partial charge in [-0.2, -0.15) is 0 Å². The monoisotopic (exact) mass is 393 g/mol. The molecule has 2 aromatic rings. The van der Waals surface area contributed by atoms with Gasteiger partial charge in [0.25, 0.3) is 0 Å². The molecule has 2 aromatic carbocycles. The Bertz CT molecular complexity index is 822. The molecule has 0 radical (unpaired) electrons. The molecule has 0 unspecified atom stereocenters. The van der Waals surface area contributed by atoms with Gasteiger partial charge in [0.15, 0.2) is 0 Å². The normalized spacial score (nSPS) is 14.7. The van der Waals surface area contributed by atoms with Crippen LogP contribution in [0.1, 0.15) is 24.0 Å². The molecule has 1 aliphatic rings. The number of hydrogen-bond acceptors (Lipinski definition) is 4. The molecular weight excluding hydrogens is 366 g/mol. The van der Waals surface area contributed by atoms with Crippen LogP contribution in [0.15, 0.2) is 60.7 Å². The topological polar surface area (TPSA) is 55.8 Å². The van der Waals surface area contributed by atoms with Crippen LogP contribution >= 0.6 is 0 Å². The molecule has 1 aliphatic heterocycles. The van der Waals surface area contributed by atoms with E-state index < -0.39 is 0 Å². The van der Waals surface area contributed by atoms with Gasteiger partial charge in [0.2, 0.25) is 5.91 Å². The molecule has 29 heavy (non-hydrogen) atoms. The summed E-state index contributed by atoms with van der Waals surface area (Å²) in [6.07, 6.45) is 5.39. The number of piperidine rings is 1. The molecule has 5 nitrogen and oxygen atoms in total. The first-order valence-electron chi connectivity index (χ1n) is 9.97. The number of carbonyl (C=O) groups excluding carboxylic acids is 2. The zero-order valence-corrected chi connectivity index (χ0v) is 16.8. The Morgan fingerprint density at radius 1 is 1.03 bits per heavy atom. The molecule has 0 N–H and O–H groups in total. The Kier molecular flexibility index (Phi) is 7.45. The number of rotatable bonds is 7. The average Bonchev–Trinajstić information content (AvgIpc) is 2.78. The van der Waals surface area contributed by atoms with E-state index in [0.29, 0.717) is 39.0 Å². The van der Waals surface area contributed by atoms with Crippen LogP contribution in [-0.2, 0) is 20.7 Å². The Morgan fingerprint density at radius 2 is 1.72 bits per heavy atom. The van der Waals surface area contributed by atoms with E-state index in [9.17, 15) is 9.59 Å². The first-order chi connectivity index (χ1) is 14.2. The maximum atomic E-state index is 12.3. The predicted octanol–water partition coefficient (Wildman–Crippen LogP) is 3.73. The zero-order valence-electron chi connectivity index (χ0n) is 16.8. The first kappa shape index (κ1) is 20.6. The highest BCUT2D eigenvalue weighted by Crippen LogP contribution is 2.19. The Balaban J connectivity index is 1.38. The van der Waals surface area contributed by atoms with Gasteiger partial charge in [-0.3, -0.25) is 9.59 Å². The van der Waals surface area contributed by atoms with Crippen LogP contribution in [0.5, 0.6) is 5.75 Å². The molecule has 0 saturated carbocycles. The molecule has 152 valence electrons. The SMILES string of the molecule is COc1ccc(CCOC(=O)C2CCN(C(=O)/C=C/c3ccccc3)CC2)cc1. The van der Waals surface area contributed by atoms with Crippen molar-refractivity contribution in [3.05, 3.63) is 71.8 Å². The fourth-order valence-corrected chi connectivity index (χ4v) is 3.35. The quantitative estimate of drug-likeness (QED) is 0.531. The largest absolute Gasteiger partial charge is 0.497 e. The number of amides is 1. The van der Waals surface area contributed by atoms with Crippen molar-refractivity contribution in [2.24, 2.45) is 5.92 Å². The molecule has 0 atom stereocenters. The van der Waals surface area contributed by atoms with Gasteiger partial charge in [0.05, 0.1) is 19.6 Å². The van der Waals surface area contributed by atoms with Crippen LogP contribution in [0.4, 0.5) is 0 Å². The van der Waals surface area contributed by atoms with E-state index in [1.807, 2.05) is 60.7 Å². The molecule has 1 amide bonds. The molecule has 5 heteroatoms. The minimum atomic E-state index is -0.162. The maximum absolute atomic E-state index is 12.3. The van der Waals surface area contributed by atoms with E-state index in [4.69, 9.17) is 9.47 Å². The van der Waals surface area contributed by atoms with E-state index in [2.05, 4.69) is 0 Å². The highest BCUT2D eigenvalue weighted by molar-refractivity contribution is 5.92. The van der Waals surface area contributed by atoms with Gasteiger partial charge in [-0.25, -0.2) is 0 Å². The second kappa shape index (κ2) is 10.5. The van der Waals surface area contributed by atoms with E-state index >= 15 is 0 Å². The molecule has 1 saturated heterocycles. The van der Waals surface area contributed by atoms with E-state index in [1.165, 1.54) is 0 Å². The third-order valence-corrected chi connectivity index (χ3v) is 5.15. The third kappa shape index (κ3) is 6.21. The summed E-state index contributed by atoms with van der Waals surface area (Å²) in [5.74, 6) is 0.504. The number of methoxy groups -OCH3 is 1. The van der Waals surface area contributed by atoms with Crippen molar-refractivity contribution in [3.8, 4) is 5.75 Å². The molecule has 0 aliphatic carbocycles. The van der Waals surface area contributed by atoms with Crippen LogP contribution in [0.3, 0.4) is 0 Å². The summed E-state index contributed by atoms with van der Waals surface area (Å²) in [5, 5.41) is 0. The zero-order chi connectivity index (χ0) is 20.5. The van der Waals surface area contributed by atoms with Crippen molar-refractivity contribution in [1.82, 2.24) is 4.90 Å². The molecule has 1 fully saturated rings. The predicted molar refractivity (Wildman–Crippen MR) is 112 cm³/mol. The van der Waals surface area contributed by atoms with Crippen LogP contribution in [0.25, 0.3) is 6.08 Å². The Labute approximate surface area is 171 Å². The van der Waals surface area contributed by atoms with E-state index in [-0.39, 0.29) is 17.8 Å². The number of hydrogen-bond donors (Lipinski definition) is 0. The molecule has 0 spiro atoms. The minimum Gasteiger partial charge on any atom is -0.497 e. The Morgan fingerprint density at radius 3 is 2.38 bits per heavy atom. The third-order valence-electron chi connectivity index (χ3n) is 5.15. The van der Waals surface area contributed by atoms with Gasteiger partial charge in [-0.15, -0.1) is 0 Å². The van der Waals surface area contributed by atoms with E-state index in [0.717, 1.165) is 16.9 Å². The van der Waals surface area contributed by atoms with Crippen LogP contribution in [-0.4, -0.2) is 43.6 Å². The van der Waals surface area contributed by atoms with Crippen LogP contribution in [0, 0.1) is 5.92 Å². The number of esters is 1. The molecule has 0 bridgehead atoms. The standard InChI is InChI=1S/C24H27NO4/c1-28-22-10-7-20(8-11-22)15-18-29-24(27)21-13-16-25(17-14-21)23(26)12-9-19-5-3-2-4-6-19/h2-12,21H,13-18H2,1H3/b12-9+. The smallest absolute Gasteiger partial charge is 0.309 e. The lowest BCUT2D eigenvalue weighted by Gasteiger charge is -2.30. The van der Waals surface area contributed by atoms with Crippen molar-refractivity contribution in [2.45, 2.75) is 19.3 Å².